The highest BCUT2D eigenvalue weighted by molar-refractivity contribution is 5.29. The Hall–Kier alpha value is -0.900. The number of rotatable bonds is 4. The van der Waals surface area contributed by atoms with Crippen LogP contribution < -0.4 is 5.73 Å². The van der Waals surface area contributed by atoms with E-state index < -0.39 is 0 Å². The van der Waals surface area contributed by atoms with Crippen molar-refractivity contribution in [2.45, 2.75) is 57.2 Å². The molecule has 1 fully saturated rings. The van der Waals surface area contributed by atoms with Crippen molar-refractivity contribution < 1.29 is 4.74 Å². The van der Waals surface area contributed by atoms with E-state index in [1.807, 2.05) is 0 Å². The third-order valence-corrected chi connectivity index (χ3v) is 5.32. The lowest BCUT2D eigenvalue weighted by Gasteiger charge is -2.49. The molecule has 2 aliphatic heterocycles. The topological polar surface area (TPSA) is 38.5 Å². The van der Waals surface area contributed by atoms with E-state index in [1.54, 1.807) is 0 Å². The number of hydrogen-bond acceptors (Lipinski definition) is 3. The van der Waals surface area contributed by atoms with Crippen molar-refractivity contribution in [3.05, 3.63) is 35.4 Å². The second-order valence-corrected chi connectivity index (χ2v) is 6.60. The van der Waals surface area contributed by atoms with Crippen molar-refractivity contribution in [1.82, 2.24) is 4.90 Å². The molecule has 1 aromatic carbocycles. The first kappa shape index (κ1) is 15.0. The van der Waals surface area contributed by atoms with Crippen LogP contribution in [0.4, 0.5) is 0 Å². The Morgan fingerprint density at radius 3 is 2.90 bits per heavy atom. The summed E-state index contributed by atoms with van der Waals surface area (Å²) in [6, 6.07) is 8.85. The third kappa shape index (κ3) is 3.01. The summed E-state index contributed by atoms with van der Waals surface area (Å²) in [6.45, 7) is 6.03. The highest BCUT2D eigenvalue weighted by atomic mass is 16.5. The fourth-order valence-corrected chi connectivity index (χ4v) is 4.01. The second-order valence-electron chi connectivity index (χ2n) is 6.60. The van der Waals surface area contributed by atoms with Gasteiger partial charge in [-0.15, -0.1) is 0 Å². The molecule has 0 aromatic heterocycles. The van der Waals surface area contributed by atoms with Crippen molar-refractivity contribution in [3.63, 3.8) is 0 Å². The van der Waals surface area contributed by atoms with E-state index in [0.717, 1.165) is 51.9 Å². The molecular formula is C18H28N2O. The Bertz CT molecular complexity index is 474. The molecule has 3 rings (SSSR count). The third-order valence-electron chi connectivity index (χ3n) is 5.32. The van der Waals surface area contributed by atoms with Gasteiger partial charge in [0.05, 0.1) is 6.10 Å². The Morgan fingerprint density at radius 1 is 1.33 bits per heavy atom. The van der Waals surface area contributed by atoms with E-state index in [4.69, 9.17) is 10.5 Å². The van der Waals surface area contributed by atoms with E-state index in [1.165, 1.54) is 17.5 Å². The number of ether oxygens (including phenoxy) is 1. The summed E-state index contributed by atoms with van der Waals surface area (Å²) in [4.78, 5) is 2.64. The molecule has 2 N–H and O–H groups in total. The molecule has 0 saturated carbocycles. The predicted molar refractivity (Wildman–Crippen MR) is 86.2 cm³/mol. The molecule has 3 heteroatoms. The van der Waals surface area contributed by atoms with Gasteiger partial charge in [0.2, 0.25) is 0 Å². The zero-order valence-electron chi connectivity index (χ0n) is 13.2. The average molecular weight is 288 g/mol. The zero-order valence-corrected chi connectivity index (χ0v) is 13.2. The summed E-state index contributed by atoms with van der Waals surface area (Å²) in [5.41, 5.74) is 9.39. The van der Waals surface area contributed by atoms with E-state index in [0.29, 0.717) is 6.10 Å². The van der Waals surface area contributed by atoms with Crippen molar-refractivity contribution in [2.24, 2.45) is 5.73 Å². The minimum absolute atomic E-state index is 0.144. The van der Waals surface area contributed by atoms with Crippen LogP contribution in [0.5, 0.6) is 0 Å². The molecule has 0 bridgehead atoms. The normalized spacial score (nSPS) is 30.1. The molecule has 1 saturated heterocycles. The maximum Gasteiger partial charge on any atom is 0.0593 e. The highest BCUT2D eigenvalue weighted by Gasteiger charge is 2.41. The molecule has 0 amide bonds. The summed E-state index contributed by atoms with van der Waals surface area (Å²) >= 11 is 0. The second kappa shape index (κ2) is 6.47. The molecule has 21 heavy (non-hydrogen) atoms. The highest BCUT2D eigenvalue weighted by Crippen LogP contribution is 2.35. The Kier molecular flexibility index (Phi) is 4.63. The Morgan fingerprint density at radius 2 is 2.14 bits per heavy atom. The van der Waals surface area contributed by atoms with Crippen molar-refractivity contribution in [1.29, 1.82) is 0 Å². The van der Waals surface area contributed by atoms with Crippen molar-refractivity contribution in [3.8, 4) is 0 Å². The number of nitrogens with zero attached hydrogens (tertiary/aromatic N) is 1. The Labute approximate surface area is 128 Å². The number of fused-ring (bicyclic) bond motifs is 1. The average Bonchev–Trinajstić information content (AvgIpc) is 2.55. The lowest BCUT2D eigenvalue weighted by Crippen LogP contribution is -2.59. The number of nitrogens with two attached hydrogens (primary N) is 1. The molecule has 116 valence electrons. The van der Waals surface area contributed by atoms with Gasteiger partial charge in [0, 0.05) is 31.8 Å². The van der Waals surface area contributed by atoms with Gasteiger partial charge < -0.3 is 10.5 Å². The molecule has 2 unspecified atom stereocenters. The fourth-order valence-electron chi connectivity index (χ4n) is 4.01. The molecule has 2 aliphatic rings. The van der Waals surface area contributed by atoms with Gasteiger partial charge in [-0.3, -0.25) is 4.90 Å². The van der Waals surface area contributed by atoms with Crippen LogP contribution in [-0.2, 0) is 17.7 Å². The van der Waals surface area contributed by atoms with Crippen LogP contribution in [0.2, 0.25) is 0 Å². The summed E-state index contributed by atoms with van der Waals surface area (Å²) in [5, 5.41) is 0. The van der Waals surface area contributed by atoms with Gasteiger partial charge in [0.1, 0.15) is 0 Å². The number of hydrogen-bond donors (Lipinski definition) is 1. The van der Waals surface area contributed by atoms with Gasteiger partial charge in [-0.2, -0.15) is 0 Å². The van der Waals surface area contributed by atoms with Crippen LogP contribution >= 0.6 is 0 Å². The van der Waals surface area contributed by atoms with Crippen molar-refractivity contribution >= 4 is 0 Å². The van der Waals surface area contributed by atoms with Crippen LogP contribution in [0, 0.1) is 0 Å². The molecular weight excluding hydrogens is 260 g/mol. The van der Waals surface area contributed by atoms with Gasteiger partial charge in [-0.1, -0.05) is 37.6 Å². The quantitative estimate of drug-likeness (QED) is 0.926. The summed E-state index contributed by atoms with van der Waals surface area (Å²) < 4.78 is 5.95. The lowest BCUT2D eigenvalue weighted by molar-refractivity contribution is -0.0780. The Balaban J connectivity index is 1.77. The van der Waals surface area contributed by atoms with Gasteiger partial charge in [-0.25, -0.2) is 0 Å². The first-order valence-electron chi connectivity index (χ1n) is 8.41. The molecule has 0 spiro atoms. The predicted octanol–water partition coefficient (Wildman–Crippen LogP) is 2.72. The van der Waals surface area contributed by atoms with E-state index in [-0.39, 0.29) is 5.54 Å². The van der Waals surface area contributed by atoms with Gasteiger partial charge in [-0.05, 0) is 36.8 Å². The van der Waals surface area contributed by atoms with Crippen LogP contribution in [0.3, 0.4) is 0 Å². The first-order valence-corrected chi connectivity index (χ1v) is 8.41. The molecule has 2 heterocycles. The molecule has 0 aliphatic carbocycles. The minimum Gasteiger partial charge on any atom is -0.378 e. The molecule has 3 nitrogen and oxygen atoms in total. The monoisotopic (exact) mass is 288 g/mol. The van der Waals surface area contributed by atoms with Crippen LogP contribution in [0.1, 0.15) is 43.7 Å². The molecule has 0 radical (unpaired) electrons. The largest absolute Gasteiger partial charge is 0.378 e. The number of benzene rings is 1. The standard InChI is InChI=1S/C18H28N2O/c1-2-5-17-12-18(14-19,9-11-21-17)20-10-8-15-6-3-4-7-16(15)13-20/h3-4,6-7,17H,2,5,8-14,19H2,1H3. The lowest BCUT2D eigenvalue weighted by atomic mass is 9.81. The first-order chi connectivity index (χ1) is 10.3. The van der Waals surface area contributed by atoms with E-state index in [9.17, 15) is 0 Å². The van der Waals surface area contributed by atoms with Crippen LogP contribution in [-0.4, -0.2) is 36.2 Å². The summed E-state index contributed by atoms with van der Waals surface area (Å²) in [6.07, 6.45) is 6.06. The summed E-state index contributed by atoms with van der Waals surface area (Å²) in [7, 11) is 0. The smallest absolute Gasteiger partial charge is 0.0593 e. The van der Waals surface area contributed by atoms with Crippen molar-refractivity contribution in [2.75, 3.05) is 19.7 Å². The van der Waals surface area contributed by atoms with Crippen LogP contribution in [0.15, 0.2) is 24.3 Å². The zero-order chi connectivity index (χ0) is 14.7. The maximum absolute atomic E-state index is 6.25. The molecule has 2 atom stereocenters. The fraction of sp³-hybridized carbons (Fsp3) is 0.667. The van der Waals surface area contributed by atoms with E-state index in [2.05, 4.69) is 36.1 Å². The SMILES string of the molecule is CCCC1CC(CN)(N2CCc3ccccc3C2)CCO1. The van der Waals surface area contributed by atoms with Gasteiger partial charge >= 0.3 is 0 Å². The maximum atomic E-state index is 6.25. The van der Waals surface area contributed by atoms with Gasteiger partial charge in [0.25, 0.3) is 0 Å². The van der Waals surface area contributed by atoms with Gasteiger partial charge in [0.15, 0.2) is 0 Å². The summed E-state index contributed by atoms with van der Waals surface area (Å²) in [5.74, 6) is 0. The minimum atomic E-state index is 0.144. The van der Waals surface area contributed by atoms with Crippen LogP contribution in [0.25, 0.3) is 0 Å². The molecule has 1 aromatic rings. The van der Waals surface area contributed by atoms with E-state index >= 15 is 0 Å².